The average molecular weight is 283 g/mol. The van der Waals surface area contributed by atoms with E-state index in [-0.39, 0.29) is 6.15 Å². The fourth-order valence-electron chi connectivity index (χ4n) is 2.00. The van der Waals surface area contributed by atoms with Crippen LogP contribution < -0.4 is 6.15 Å². The van der Waals surface area contributed by atoms with Gasteiger partial charge in [0.2, 0.25) is 0 Å². The molecule has 0 aromatic heterocycles. The highest BCUT2D eigenvalue weighted by Crippen LogP contribution is 2.11. The minimum atomic E-state index is 0. The van der Waals surface area contributed by atoms with Crippen LogP contribution in [0.15, 0.2) is 61.2 Å². The molecule has 0 fully saturated rings. The maximum absolute atomic E-state index is 3.73. The summed E-state index contributed by atoms with van der Waals surface area (Å²) in [6.45, 7) is 10.3. The molecule has 1 heteroatoms. The summed E-state index contributed by atoms with van der Waals surface area (Å²) in [6.07, 6.45) is 4.27. The third kappa shape index (κ3) is 7.48. The molecule has 0 aliphatic carbocycles. The summed E-state index contributed by atoms with van der Waals surface area (Å²) in [7, 11) is 0. The summed E-state index contributed by atoms with van der Waals surface area (Å²) in [5.41, 5.74) is 4.04. The van der Waals surface area contributed by atoms with Crippen LogP contribution >= 0.6 is 0 Å². The van der Waals surface area contributed by atoms with Gasteiger partial charge in [-0.2, -0.15) is 0 Å². The zero-order valence-electron chi connectivity index (χ0n) is 13.7. The van der Waals surface area contributed by atoms with Crippen molar-refractivity contribution in [2.24, 2.45) is 0 Å². The standard InChI is InChI=1S/C11H14.C9H12.H3N/c1-3-6-11-8-5-7-10(4-2)9-11;1-8(2)9-6-4-3-5-7-9;/h4-5,7-9H,2-3,6H2,1H3;3-8H,1-2H3;1H3. The zero-order chi connectivity index (χ0) is 14.8. The van der Waals surface area contributed by atoms with Crippen molar-refractivity contribution in [3.63, 3.8) is 0 Å². The van der Waals surface area contributed by atoms with E-state index in [1.807, 2.05) is 12.1 Å². The van der Waals surface area contributed by atoms with Crippen LogP contribution in [0.1, 0.15) is 49.8 Å². The zero-order valence-corrected chi connectivity index (χ0v) is 13.7. The van der Waals surface area contributed by atoms with Gasteiger partial charge in [0, 0.05) is 0 Å². The van der Waals surface area contributed by atoms with Crippen LogP contribution in [-0.4, -0.2) is 0 Å². The van der Waals surface area contributed by atoms with Gasteiger partial charge in [-0.1, -0.05) is 94.4 Å². The first-order valence-electron chi connectivity index (χ1n) is 7.43. The summed E-state index contributed by atoms with van der Waals surface area (Å²) < 4.78 is 0. The van der Waals surface area contributed by atoms with Crippen LogP contribution in [0.25, 0.3) is 6.08 Å². The Hall–Kier alpha value is -1.86. The number of aryl methyl sites for hydroxylation is 1. The lowest BCUT2D eigenvalue weighted by atomic mass is 10.0. The lowest BCUT2D eigenvalue weighted by molar-refractivity contribution is 0.867. The molecule has 3 N–H and O–H groups in total. The van der Waals surface area contributed by atoms with E-state index in [1.165, 1.54) is 29.5 Å². The van der Waals surface area contributed by atoms with Crippen LogP contribution in [0, 0.1) is 0 Å². The van der Waals surface area contributed by atoms with E-state index in [4.69, 9.17) is 0 Å². The van der Waals surface area contributed by atoms with Crippen molar-refractivity contribution in [2.45, 2.75) is 39.5 Å². The van der Waals surface area contributed by atoms with Gasteiger partial charge in [-0.15, -0.1) is 0 Å². The highest BCUT2D eigenvalue weighted by atomic mass is 14.0. The highest BCUT2D eigenvalue weighted by molar-refractivity contribution is 5.47. The lowest BCUT2D eigenvalue weighted by Gasteiger charge is -2.01. The molecule has 0 radical (unpaired) electrons. The first-order chi connectivity index (χ1) is 9.67. The first kappa shape index (κ1) is 19.1. The van der Waals surface area contributed by atoms with Crippen molar-refractivity contribution in [1.29, 1.82) is 0 Å². The normalized spacial score (nSPS) is 9.33. The van der Waals surface area contributed by atoms with Crippen LogP contribution in [-0.2, 0) is 6.42 Å². The Labute approximate surface area is 130 Å². The maximum atomic E-state index is 3.73. The van der Waals surface area contributed by atoms with Crippen molar-refractivity contribution in [3.8, 4) is 0 Å². The third-order valence-electron chi connectivity index (χ3n) is 3.19. The van der Waals surface area contributed by atoms with Gasteiger partial charge < -0.3 is 6.15 Å². The number of hydrogen-bond acceptors (Lipinski definition) is 1. The summed E-state index contributed by atoms with van der Waals surface area (Å²) in [6, 6.07) is 19.0. The molecule has 2 rings (SSSR count). The molecule has 0 aliphatic heterocycles. The minimum Gasteiger partial charge on any atom is -0.344 e. The maximum Gasteiger partial charge on any atom is -0.0219 e. The first-order valence-corrected chi connectivity index (χ1v) is 7.43. The van der Waals surface area contributed by atoms with Crippen molar-refractivity contribution in [3.05, 3.63) is 77.9 Å². The SMILES string of the molecule is C=Cc1cccc(CCC)c1.CC(C)c1ccccc1.N. The topological polar surface area (TPSA) is 35.0 Å². The molecule has 21 heavy (non-hydrogen) atoms. The third-order valence-corrected chi connectivity index (χ3v) is 3.19. The molecule has 1 nitrogen and oxygen atoms in total. The second-order valence-corrected chi connectivity index (χ2v) is 5.26. The van der Waals surface area contributed by atoms with Gasteiger partial charge in [0.1, 0.15) is 0 Å². The fourth-order valence-corrected chi connectivity index (χ4v) is 2.00. The molecule has 0 atom stereocenters. The molecule has 0 aliphatic rings. The van der Waals surface area contributed by atoms with E-state index >= 15 is 0 Å². The van der Waals surface area contributed by atoms with Crippen molar-refractivity contribution in [1.82, 2.24) is 6.15 Å². The van der Waals surface area contributed by atoms with Gasteiger partial charge in [-0.3, -0.25) is 0 Å². The molecule has 0 saturated carbocycles. The molecular formula is C20H29N. The quantitative estimate of drug-likeness (QED) is 0.706. The second kappa shape index (κ2) is 10.9. The monoisotopic (exact) mass is 283 g/mol. The van der Waals surface area contributed by atoms with Gasteiger partial charge in [0.05, 0.1) is 0 Å². The molecule has 0 saturated heterocycles. The van der Waals surface area contributed by atoms with Crippen molar-refractivity contribution >= 4 is 6.08 Å². The second-order valence-electron chi connectivity index (χ2n) is 5.26. The van der Waals surface area contributed by atoms with Gasteiger partial charge in [-0.05, 0) is 29.0 Å². The molecule has 2 aromatic carbocycles. The molecule has 114 valence electrons. The Morgan fingerprint density at radius 3 is 2.14 bits per heavy atom. The number of rotatable bonds is 4. The smallest absolute Gasteiger partial charge is 0.0219 e. The lowest BCUT2D eigenvalue weighted by Crippen LogP contribution is -1.83. The highest BCUT2D eigenvalue weighted by Gasteiger charge is 1.93. The van der Waals surface area contributed by atoms with Gasteiger partial charge in [0.25, 0.3) is 0 Å². The van der Waals surface area contributed by atoms with E-state index in [1.54, 1.807) is 0 Å². The minimum absolute atomic E-state index is 0. The van der Waals surface area contributed by atoms with Crippen LogP contribution in [0.3, 0.4) is 0 Å². The Morgan fingerprint density at radius 1 is 1.00 bits per heavy atom. The molecule has 0 heterocycles. The molecule has 2 aromatic rings. The van der Waals surface area contributed by atoms with E-state index in [0.29, 0.717) is 5.92 Å². The van der Waals surface area contributed by atoms with Crippen LogP contribution in [0.4, 0.5) is 0 Å². The number of benzene rings is 2. The fraction of sp³-hybridized carbons (Fsp3) is 0.300. The Bertz CT molecular complexity index is 500. The van der Waals surface area contributed by atoms with E-state index in [2.05, 4.69) is 75.9 Å². The van der Waals surface area contributed by atoms with E-state index in [9.17, 15) is 0 Å². The largest absolute Gasteiger partial charge is 0.344 e. The van der Waals surface area contributed by atoms with Crippen molar-refractivity contribution in [2.75, 3.05) is 0 Å². The summed E-state index contributed by atoms with van der Waals surface area (Å²) in [4.78, 5) is 0. The molecule has 0 spiro atoms. The van der Waals surface area contributed by atoms with Gasteiger partial charge in [-0.25, -0.2) is 0 Å². The molecule has 0 amide bonds. The Morgan fingerprint density at radius 2 is 1.67 bits per heavy atom. The summed E-state index contributed by atoms with van der Waals surface area (Å²) >= 11 is 0. The predicted molar refractivity (Wildman–Crippen MR) is 96.1 cm³/mol. The van der Waals surface area contributed by atoms with Crippen molar-refractivity contribution < 1.29 is 0 Å². The van der Waals surface area contributed by atoms with E-state index in [0.717, 1.165) is 0 Å². The Kier molecular flexibility index (Phi) is 9.91. The van der Waals surface area contributed by atoms with Crippen LogP contribution in [0.5, 0.6) is 0 Å². The predicted octanol–water partition coefficient (Wildman–Crippen LogP) is 6.25. The summed E-state index contributed by atoms with van der Waals surface area (Å²) in [5, 5.41) is 0. The number of hydrogen-bond donors (Lipinski definition) is 1. The molecular weight excluding hydrogens is 254 g/mol. The summed E-state index contributed by atoms with van der Waals surface area (Å²) in [5.74, 6) is 0.659. The van der Waals surface area contributed by atoms with Gasteiger partial charge in [0.15, 0.2) is 0 Å². The van der Waals surface area contributed by atoms with E-state index < -0.39 is 0 Å². The Balaban J connectivity index is 0.000000370. The van der Waals surface area contributed by atoms with Crippen LogP contribution in [0.2, 0.25) is 0 Å². The molecule has 0 bridgehead atoms. The average Bonchev–Trinajstić information content (AvgIpc) is 2.49. The molecule has 0 unspecified atom stereocenters. The van der Waals surface area contributed by atoms with Gasteiger partial charge >= 0.3 is 0 Å².